The van der Waals surface area contributed by atoms with Crippen LogP contribution < -0.4 is 10.2 Å². The second-order valence-corrected chi connectivity index (χ2v) is 15.9. The molecule has 1 aromatic heterocycles. The number of nitrogens with zero attached hydrogens (tertiary/aromatic N) is 1. The van der Waals surface area contributed by atoms with Crippen molar-refractivity contribution < 1.29 is 0 Å². The standard InChI is InChI=1S/C53H40N2S/c1-35-31-47(36(2)34-55(50-20-10-8-17-43(35)50)51-21-12-16-39-15-6-7-18-44(39)51)40-26-30-49(54-42-27-23-38(24-28-42)37-13-4-3-5-14-37)48(32-40)41-25-29-46-45-19-9-11-22-52(45)56-53(46)33-41/h3-33,36,54H,1,34H2,2H3/b47-31+. The summed E-state index contributed by atoms with van der Waals surface area (Å²) < 4.78 is 2.61. The number of thiophene rings is 1. The summed E-state index contributed by atoms with van der Waals surface area (Å²) in [5.41, 5.74) is 13.9. The molecular formula is C53H40N2S. The predicted molar refractivity (Wildman–Crippen MR) is 243 cm³/mol. The fourth-order valence-corrected chi connectivity index (χ4v) is 9.54. The fourth-order valence-electron chi connectivity index (χ4n) is 8.40. The van der Waals surface area contributed by atoms with Gasteiger partial charge in [0.25, 0.3) is 0 Å². The summed E-state index contributed by atoms with van der Waals surface area (Å²) in [6.07, 6.45) is 2.33. The van der Waals surface area contributed by atoms with Gasteiger partial charge in [0.1, 0.15) is 0 Å². The highest BCUT2D eigenvalue weighted by atomic mass is 32.1. The minimum atomic E-state index is 0.196. The molecule has 1 N–H and O–H groups in total. The summed E-state index contributed by atoms with van der Waals surface area (Å²) in [6, 6.07) is 66.0. The first-order chi connectivity index (χ1) is 27.6. The second-order valence-electron chi connectivity index (χ2n) is 14.8. The van der Waals surface area contributed by atoms with Gasteiger partial charge in [-0.25, -0.2) is 0 Å². The highest BCUT2D eigenvalue weighted by Gasteiger charge is 2.25. The molecule has 9 aromatic rings. The molecule has 1 aliphatic heterocycles. The van der Waals surface area contributed by atoms with Gasteiger partial charge in [-0.05, 0) is 93.2 Å². The topological polar surface area (TPSA) is 15.3 Å². The van der Waals surface area contributed by atoms with Crippen LogP contribution >= 0.6 is 11.3 Å². The zero-order chi connectivity index (χ0) is 37.6. The first kappa shape index (κ1) is 33.9. The number of hydrogen-bond acceptors (Lipinski definition) is 3. The van der Waals surface area contributed by atoms with Crippen molar-refractivity contribution in [2.45, 2.75) is 6.92 Å². The van der Waals surface area contributed by atoms with Crippen molar-refractivity contribution in [2.75, 3.05) is 16.8 Å². The molecule has 0 bridgehead atoms. The lowest BCUT2D eigenvalue weighted by molar-refractivity contribution is 0.738. The second kappa shape index (κ2) is 14.2. The molecular weight excluding hydrogens is 697 g/mol. The third-order valence-corrected chi connectivity index (χ3v) is 12.4. The maximum atomic E-state index is 4.68. The third-order valence-electron chi connectivity index (χ3n) is 11.2. The number of para-hydroxylation sites is 1. The Bertz CT molecular complexity index is 2950. The molecule has 0 saturated heterocycles. The zero-order valence-electron chi connectivity index (χ0n) is 31.2. The van der Waals surface area contributed by atoms with Gasteiger partial charge >= 0.3 is 0 Å². The largest absolute Gasteiger partial charge is 0.355 e. The first-order valence-corrected chi connectivity index (χ1v) is 20.1. The fraction of sp³-hybridized carbons (Fsp3) is 0.0566. The van der Waals surface area contributed by atoms with Crippen LogP contribution in [0.3, 0.4) is 0 Å². The number of rotatable bonds is 6. The van der Waals surface area contributed by atoms with Crippen LogP contribution in [0.15, 0.2) is 195 Å². The summed E-state index contributed by atoms with van der Waals surface area (Å²) in [7, 11) is 0. The van der Waals surface area contributed by atoms with Crippen molar-refractivity contribution in [3.63, 3.8) is 0 Å². The molecule has 268 valence electrons. The molecule has 0 amide bonds. The number of hydrogen-bond donors (Lipinski definition) is 1. The van der Waals surface area contributed by atoms with Gasteiger partial charge < -0.3 is 10.2 Å². The van der Waals surface area contributed by atoms with Crippen LogP contribution in [-0.4, -0.2) is 6.54 Å². The molecule has 2 nitrogen and oxygen atoms in total. The number of fused-ring (bicyclic) bond motifs is 5. The molecule has 1 aliphatic rings. The van der Waals surface area contributed by atoms with Gasteiger partial charge in [0.2, 0.25) is 0 Å². The maximum absolute atomic E-state index is 4.68. The molecule has 2 heterocycles. The van der Waals surface area contributed by atoms with Crippen LogP contribution in [0.25, 0.3) is 64.3 Å². The van der Waals surface area contributed by atoms with Crippen molar-refractivity contribution in [2.24, 2.45) is 5.92 Å². The van der Waals surface area contributed by atoms with Gasteiger partial charge in [0.15, 0.2) is 0 Å². The molecule has 56 heavy (non-hydrogen) atoms. The Labute approximate surface area is 332 Å². The Hall–Kier alpha value is -6.68. The molecule has 0 spiro atoms. The quantitative estimate of drug-likeness (QED) is 0.183. The molecule has 10 rings (SSSR count). The minimum Gasteiger partial charge on any atom is -0.355 e. The summed E-state index contributed by atoms with van der Waals surface area (Å²) in [6.45, 7) is 7.86. The van der Waals surface area contributed by atoms with E-state index in [0.717, 1.165) is 29.1 Å². The van der Waals surface area contributed by atoms with E-state index >= 15 is 0 Å². The average molecular weight is 737 g/mol. The van der Waals surface area contributed by atoms with E-state index in [1.807, 2.05) is 11.3 Å². The monoisotopic (exact) mass is 736 g/mol. The number of nitrogens with one attached hydrogen (secondary N) is 1. The average Bonchev–Trinajstić information content (AvgIpc) is 3.63. The smallest absolute Gasteiger partial charge is 0.0490 e. The molecule has 3 heteroatoms. The van der Waals surface area contributed by atoms with E-state index in [2.05, 4.69) is 212 Å². The van der Waals surface area contributed by atoms with Crippen molar-refractivity contribution >= 4 is 76.2 Å². The molecule has 8 aromatic carbocycles. The number of benzene rings is 8. The predicted octanol–water partition coefficient (Wildman–Crippen LogP) is 15.2. The van der Waals surface area contributed by atoms with Crippen LogP contribution in [0.1, 0.15) is 18.1 Å². The molecule has 0 radical (unpaired) electrons. The zero-order valence-corrected chi connectivity index (χ0v) is 32.1. The van der Waals surface area contributed by atoms with E-state index in [4.69, 9.17) is 0 Å². The minimum absolute atomic E-state index is 0.196. The van der Waals surface area contributed by atoms with E-state index < -0.39 is 0 Å². The summed E-state index contributed by atoms with van der Waals surface area (Å²) in [5, 5.41) is 8.92. The van der Waals surface area contributed by atoms with Gasteiger partial charge in [0, 0.05) is 66.0 Å². The molecule has 1 unspecified atom stereocenters. The molecule has 0 aliphatic carbocycles. The Morgan fingerprint density at radius 1 is 0.536 bits per heavy atom. The van der Waals surface area contributed by atoms with Gasteiger partial charge in [-0.1, -0.05) is 153 Å². The number of allylic oxidation sites excluding steroid dienone is 2. The summed E-state index contributed by atoms with van der Waals surface area (Å²) >= 11 is 1.86. The van der Waals surface area contributed by atoms with Gasteiger partial charge in [-0.3, -0.25) is 0 Å². The Morgan fingerprint density at radius 2 is 1.20 bits per heavy atom. The van der Waals surface area contributed by atoms with Gasteiger partial charge in [0.05, 0.1) is 0 Å². The SMILES string of the molecule is C=C1/C=C(/c2ccc(Nc3ccc(-c4ccccc4)cc3)c(-c3ccc4c(c3)sc3ccccc34)c2)C(C)CN(c2cccc3ccccc23)c2ccccc21. The van der Waals surface area contributed by atoms with Crippen LogP contribution in [0.4, 0.5) is 22.7 Å². The molecule has 0 saturated carbocycles. The van der Waals surface area contributed by atoms with Crippen LogP contribution in [0, 0.1) is 5.92 Å². The highest BCUT2D eigenvalue weighted by molar-refractivity contribution is 7.25. The van der Waals surface area contributed by atoms with Crippen LogP contribution in [0.2, 0.25) is 0 Å². The van der Waals surface area contributed by atoms with Crippen LogP contribution in [0.5, 0.6) is 0 Å². The van der Waals surface area contributed by atoms with E-state index in [-0.39, 0.29) is 5.92 Å². The van der Waals surface area contributed by atoms with Crippen molar-refractivity contribution in [3.8, 4) is 22.3 Å². The number of anilines is 4. The normalized spacial score (nSPS) is 15.3. The lowest BCUT2D eigenvalue weighted by atomic mass is 9.86. The lowest BCUT2D eigenvalue weighted by Crippen LogP contribution is -2.26. The highest BCUT2D eigenvalue weighted by Crippen LogP contribution is 2.44. The summed E-state index contributed by atoms with van der Waals surface area (Å²) in [4.78, 5) is 2.51. The van der Waals surface area contributed by atoms with E-state index in [0.29, 0.717) is 0 Å². The third kappa shape index (κ3) is 6.17. The maximum Gasteiger partial charge on any atom is 0.0490 e. The van der Waals surface area contributed by atoms with Crippen molar-refractivity contribution in [3.05, 3.63) is 206 Å². The lowest BCUT2D eigenvalue weighted by Gasteiger charge is -2.34. The Kier molecular flexibility index (Phi) is 8.58. The molecule has 0 fully saturated rings. The van der Waals surface area contributed by atoms with Gasteiger partial charge in [-0.2, -0.15) is 0 Å². The Morgan fingerprint density at radius 3 is 2.07 bits per heavy atom. The Balaban J connectivity index is 1.09. The van der Waals surface area contributed by atoms with Crippen LogP contribution in [-0.2, 0) is 0 Å². The summed E-state index contributed by atoms with van der Waals surface area (Å²) in [5.74, 6) is 0.196. The van der Waals surface area contributed by atoms with Gasteiger partial charge in [-0.15, -0.1) is 11.3 Å². The van der Waals surface area contributed by atoms with Crippen molar-refractivity contribution in [1.29, 1.82) is 0 Å². The van der Waals surface area contributed by atoms with E-state index in [1.165, 1.54) is 75.7 Å². The van der Waals surface area contributed by atoms with Crippen molar-refractivity contribution in [1.82, 2.24) is 0 Å². The van der Waals surface area contributed by atoms with E-state index in [1.54, 1.807) is 0 Å². The van der Waals surface area contributed by atoms with E-state index in [9.17, 15) is 0 Å². The first-order valence-electron chi connectivity index (χ1n) is 19.3. The molecule has 1 atom stereocenters.